The summed E-state index contributed by atoms with van der Waals surface area (Å²) in [5.74, 6) is 0.555. The Morgan fingerprint density at radius 3 is 0.931 bits per heavy atom. The van der Waals surface area contributed by atoms with Crippen molar-refractivity contribution in [2.45, 2.75) is 116 Å². The van der Waals surface area contributed by atoms with Gasteiger partial charge in [0.2, 0.25) is 5.95 Å². The van der Waals surface area contributed by atoms with E-state index in [-0.39, 0.29) is 10.8 Å². The van der Waals surface area contributed by atoms with E-state index in [0.29, 0.717) is 11.5 Å². The van der Waals surface area contributed by atoms with Gasteiger partial charge < -0.3 is 18.3 Å². The van der Waals surface area contributed by atoms with Crippen LogP contribution in [0.25, 0.3) is 238 Å². The lowest BCUT2D eigenvalue weighted by atomic mass is 9.71. The van der Waals surface area contributed by atoms with Crippen LogP contribution in [0, 0.1) is 11.3 Å². The zero-order valence-electron chi connectivity index (χ0n) is 82.0. The third kappa shape index (κ3) is 14.0. The summed E-state index contributed by atoms with van der Waals surface area (Å²) in [5.41, 5.74) is 42.2. The summed E-state index contributed by atoms with van der Waals surface area (Å²) in [4.78, 5) is 12.0. The first-order valence-corrected chi connectivity index (χ1v) is 52.1. The fourth-order valence-corrected chi connectivity index (χ4v) is 25.5. The van der Waals surface area contributed by atoms with Crippen molar-refractivity contribution in [2.24, 2.45) is 0 Å². The molecule has 0 radical (unpaired) electrons. The van der Waals surface area contributed by atoms with E-state index in [9.17, 15) is 5.26 Å². The molecule has 25 aromatic rings. The fraction of sp³-hybridized carbons (Fsp3) is 0.131. The second kappa shape index (κ2) is 35.2. The van der Waals surface area contributed by atoms with Crippen LogP contribution in [0.1, 0.15) is 133 Å². The number of unbranched alkanes of at least 4 members (excludes halogenated alkanes) is 4. The van der Waals surface area contributed by atoms with E-state index >= 15 is 0 Å². The van der Waals surface area contributed by atoms with Crippen molar-refractivity contribution in [2.75, 3.05) is 0 Å². The number of benzene rings is 19. The van der Waals surface area contributed by atoms with Crippen molar-refractivity contribution in [3.8, 4) is 135 Å². The Bertz CT molecular complexity index is 9290. The molecular formula is C137H106N8. The highest BCUT2D eigenvalue weighted by molar-refractivity contribution is 6.17. The molecule has 0 saturated heterocycles. The van der Waals surface area contributed by atoms with Crippen molar-refractivity contribution >= 4 is 109 Å². The number of fused-ring (bicyclic) bond motifs is 21. The molecule has 2 aliphatic carbocycles. The molecule has 27 rings (SSSR count). The molecule has 8 nitrogen and oxygen atoms in total. The smallest absolute Gasteiger partial charge is 0.235 e. The Labute approximate surface area is 844 Å². The lowest BCUT2D eigenvalue weighted by molar-refractivity contribution is 0.414. The minimum absolute atomic E-state index is 0.0547. The minimum Gasteiger partial charge on any atom is -0.309 e. The Morgan fingerprint density at radius 2 is 0.517 bits per heavy atom. The average Bonchev–Trinajstić information content (AvgIpc) is 1.56. The third-order valence-electron chi connectivity index (χ3n) is 32.4. The molecule has 0 fully saturated rings. The predicted molar refractivity (Wildman–Crippen MR) is 607 cm³/mol. The lowest BCUT2D eigenvalue weighted by Gasteiger charge is -2.33. The molecule has 145 heavy (non-hydrogen) atoms. The molecule has 694 valence electrons. The SMILES string of the molecule is CCCCC1(CCCC)c2ccccc2-c2ccc(-n3c4ccccc4c4cc(-c5ccc6c(c5)c5cc(-c7ccc8c(c7)c7ccccc7n8-c7ccc8c(c7)C(CCCC)(CCCC)c7ccccc7-8)ccc5n6-c5nc(-c6cccc(-n7c8ccccc8c8cc(-c9ccc%10c(c9)c9ccccc9n%10-c9ccc(C#N)cc9)ccc87)c6)cc(-c6cc(-c7ccccc7)ccc6-c6ccccc6)n5)ccc43)cc21. The molecule has 0 atom stereocenters. The molecular weight excluding hydrogens is 1760 g/mol. The van der Waals surface area contributed by atoms with E-state index in [2.05, 4.69) is 457 Å². The van der Waals surface area contributed by atoms with Gasteiger partial charge in [0.05, 0.1) is 78.2 Å². The van der Waals surface area contributed by atoms with Crippen molar-refractivity contribution in [1.82, 2.24) is 32.8 Å². The van der Waals surface area contributed by atoms with Gasteiger partial charge in [-0.25, -0.2) is 9.97 Å². The summed E-state index contributed by atoms with van der Waals surface area (Å²) in [6.45, 7) is 9.38. The quantitative estimate of drug-likeness (QED) is 0.0605. The maximum absolute atomic E-state index is 9.76. The average molecular weight is 1860 g/mol. The highest BCUT2D eigenvalue weighted by Gasteiger charge is 2.44. The molecule has 8 heteroatoms. The molecule has 6 heterocycles. The van der Waals surface area contributed by atoms with Crippen molar-refractivity contribution in [1.29, 1.82) is 5.26 Å². The molecule has 0 aliphatic heterocycles. The van der Waals surface area contributed by atoms with E-state index in [1.165, 1.54) is 136 Å². The second-order valence-electron chi connectivity index (χ2n) is 40.4. The number of rotatable bonds is 24. The second-order valence-corrected chi connectivity index (χ2v) is 40.4. The van der Waals surface area contributed by atoms with Crippen molar-refractivity contribution in [3.05, 3.63) is 452 Å². The van der Waals surface area contributed by atoms with Crippen LogP contribution in [-0.4, -0.2) is 32.8 Å². The van der Waals surface area contributed by atoms with Crippen LogP contribution >= 0.6 is 0 Å². The lowest BCUT2D eigenvalue weighted by Crippen LogP contribution is -2.25. The van der Waals surface area contributed by atoms with Crippen molar-refractivity contribution in [3.63, 3.8) is 0 Å². The van der Waals surface area contributed by atoms with Crippen LogP contribution in [0.3, 0.4) is 0 Å². The van der Waals surface area contributed by atoms with E-state index < -0.39 is 0 Å². The first kappa shape index (κ1) is 86.8. The van der Waals surface area contributed by atoms with Crippen LogP contribution in [0.5, 0.6) is 0 Å². The summed E-state index contributed by atoms with van der Waals surface area (Å²) in [6.07, 6.45) is 13.9. The van der Waals surface area contributed by atoms with E-state index in [4.69, 9.17) is 9.97 Å². The summed E-state index contributed by atoms with van der Waals surface area (Å²) in [7, 11) is 0. The molecule has 0 N–H and O–H groups in total. The van der Waals surface area contributed by atoms with Crippen LogP contribution in [0.15, 0.2) is 425 Å². The first-order chi connectivity index (χ1) is 71.6. The van der Waals surface area contributed by atoms with Gasteiger partial charge in [-0.2, -0.15) is 5.26 Å². The number of nitriles is 1. The standard InChI is InChI=1S/C137H106N8/c1-5-9-72-136(73-10-6-2)119-44-25-19-38-104(119)106-64-61-101(84-121(106)136)143-127-48-29-23-42-110(127)115-80-94(55-68-131(115)143)96-57-70-133-117(82-96)118-83-97(95-56-69-132-116(81-95)111-43-24-30-49-128(111)144(132)102-62-65-107-105-39-20-26-45-120(105)137(74-11-7-3,75-12-8-4)122(107)85-102)58-71-134(118)145(133)135-139-123(86-124(140-135)112-77-91(89-32-15-13-16-33-89)52-63-103(112)90-34-17-14-18-35-90)98-36-31-37-100(76-98)142-126-47-28-22-41-109(126)114-79-93(54-67-130(114)142)92-53-66-129-113(78-92)108-40-21-27-46-125(108)141(129)99-59-50-88(87-138)51-60-99/h13-71,76-86H,5-12,72-75H2,1-4H3. The van der Waals surface area contributed by atoms with Gasteiger partial charge in [0, 0.05) is 98.6 Å². The minimum atomic E-state index is -0.0547. The highest BCUT2D eigenvalue weighted by Crippen LogP contribution is 2.58. The molecule has 0 saturated carbocycles. The molecule has 2 aliphatic rings. The topological polar surface area (TPSA) is 74.2 Å². The molecule has 19 aromatic carbocycles. The Hall–Kier alpha value is -17.3. The number of hydrogen-bond donors (Lipinski definition) is 0. The normalized spacial score (nSPS) is 13.0. The van der Waals surface area contributed by atoms with Gasteiger partial charge in [-0.1, -0.05) is 334 Å². The number of hydrogen-bond acceptors (Lipinski definition) is 3. The zero-order valence-corrected chi connectivity index (χ0v) is 82.0. The van der Waals surface area contributed by atoms with Crippen LogP contribution in [-0.2, 0) is 10.8 Å². The van der Waals surface area contributed by atoms with E-state index in [1.54, 1.807) is 0 Å². The van der Waals surface area contributed by atoms with Crippen LogP contribution in [0.2, 0.25) is 0 Å². The maximum Gasteiger partial charge on any atom is 0.235 e. The summed E-state index contributed by atoms with van der Waals surface area (Å²) >= 11 is 0. The zero-order chi connectivity index (χ0) is 96.7. The van der Waals surface area contributed by atoms with Gasteiger partial charge in [-0.05, 0) is 296 Å². The number of aromatic nitrogens is 7. The van der Waals surface area contributed by atoms with Gasteiger partial charge in [0.15, 0.2) is 0 Å². The third-order valence-corrected chi connectivity index (χ3v) is 32.4. The highest BCUT2D eigenvalue weighted by atomic mass is 15.2. The summed E-state index contributed by atoms with van der Waals surface area (Å²) in [5, 5.41) is 21.5. The van der Waals surface area contributed by atoms with Gasteiger partial charge in [0.1, 0.15) is 0 Å². The fourth-order valence-electron chi connectivity index (χ4n) is 25.5. The van der Waals surface area contributed by atoms with Gasteiger partial charge in [-0.3, -0.25) is 4.57 Å². The first-order valence-electron chi connectivity index (χ1n) is 52.1. The van der Waals surface area contributed by atoms with Gasteiger partial charge >= 0.3 is 0 Å². The number of para-hydroxylation sites is 4. The maximum atomic E-state index is 9.76. The Morgan fingerprint density at radius 1 is 0.207 bits per heavy atom. The molecule has 0 amide bonds. The number of nitrogens with zero attached hydrogens (tertiary/aromatic N) is 8. The van der Waals surface area contributed by atoms with Gasteiger partial charge in [-0.15, -0.1) is 0 Å². The predicted octanol–water partition coefficient (Wildman–Crippen LogP) is 36.8. The van der Waals surface area contributed by atoms with E-state index in [0.717, 1.165) is 196 Å². The van der Waals surface area contributed by atoms with Crippen molar-refractivity contribution < 1.29 is 0 Å². The molecule has 0 bridgehead atoms. The van der Waals surface area contributed by atoms with E-state index in [1.807, 2.05) is 24.3 Å². The Kier molecular flexibility index (Phi) is 21.1. The monoisotopic (exact) mass is 1860 g/mol. The molecule has 0 spiro atoms. The van der Waals surface area contributed by atoms with Crippen LogP contribution < -0.4 is 0 Å². The summed E-state index contributed by atoms with van der Waals surface area (Å²) in [6, 6.07) is 161. The Balaban J connectivity index is 0.645. The van der Waals surface area contributed by atoms with Gasteiger partial charge in [0.25, 0.3) is 0 Å². The summed E-state index contributed by atoms with van der Waals surface area (Å²) < 4.78 is 12.2. The molecule has 0 unspecified atom stereocenters. The molecule has 6 aromatic heterocycles. The largest absolute Gasteiger partial charge is 0.309 e. The van der Waals surface area contributed by atoms with Crippen LogP contribution in [0.4, 0.5) is 0 Å².